The summed E-state index contributed by atoms with van der Waals surface area (Å²) >= 11 is 0. The number of carbonyl (C=O) groups is 3. The molecule has 7 rings (SSSR count). The Kier molecular flexibility index (Phi) is 3.76. The minimum Gasteiger partial charge on any atom is -0.354 e. The number of carbonyl (C=O) groups excluding carboxylic acids is 3. The van der Waals surface area contributed by atoms with Gasteiger partial charge in [0.15, 0.2) is 11.6 Å². The van der Waals surface area contributed by atoms with Crippen molar-refractivity contribution >= 4 is 34.5 Å². The first-order chi connectivity index (χ1) is 16.6. The van der Waals surface area contributed by atoms with Gasteiger partial charge in [0.1, 0.15) is 5.41 Å². The van der Waals surface area contributed by atoms with Crippen LogP contribution in [0.5, 0.6) is 0 Å². The summed E-state index contributed by atoms with van der Waals surface area (Å²) in [4.78, 5) is 44.0. The molecule has 2 aliphatic heterocycles. The minimum atomic E-state index is -1.46. The van der Waals surface area contributed by atoms with Crippen molar-refractivity contribution in [3.8, 4) is 0 Å². The summed E-state index contributed by atoms with van der Waals surface area (Å²) in [7, 11) is 0. The van der Waals surface area contributed by atoms with Crippen LogP contribution in [0.4, 0.5) is 11.4 Å². The Morgan fingerprint density at radius 3 is 2.26 bits per heavy atom. The van der Waals surface area contributed by atoms with Gasteiger partial charge in [0.05, 0.1) is 5.70 Å². The number of benzene rings is 3. The summed E-state index contributed by atoms with van der Waals surface area (Å²) in [6.07, 6.45) is 1.67. The molecule has 2 heterocycles. The molecule has 0 aromatic heterocycles. The van der Waals surface area contributed by atoms with Gasteiger partial charge in [-0.25, -0.2) is 0 Å². The van der Waals surface area contributed by atoms with E-state index >= 15 is 0 Å². The van der Waals surface area contributed by atoms with Crippen molar-refractivity contribution in [1.82, 2.24) is 0 Å². The van der Waals surface area contributed by atoms with Gasteiger partial charge in [0, 0.05) is 51.3 Å². The van der Waals surface area contributed by atoms with E-state index < -0.39 is 5.41 Å². The molecule has 164 valence electrons. The number of Topliss-reactive ketones (excluding diaryl/α,β-unsaturated/α-hetero) is 2. The minimum absolute atomic E-state index is 0.0552. The number of nitrogens with zero attached hydrogens (tertiary/aromatic N) is 1. The van der Waals surface area contributed by atoms with Crippen LogP contribution in [0.3, 0.4) is 0 Å². The molecule has 2 aliphatic carbocycles. The predicted octanol–water partition coefficient (Wildman–Crippen LogP) is 5.01. The number of rotatable bonds is 1. The molecule has 3 aromatic carbocycles. The van der Waals surface area contributed by atoms with E-state index in [0.29, 0.717) is 52.9 Å². The highest BCUT2D eigenvalue weighted by Gasteiger charge is 2.64. The molecule has 34 heavy (non-hydrogen) atoms. The Labute approximate surface area is 196 Å². The maximum Gasteiger partial charge on any atom is 0.251 e. The van der Waals surface area contributed by atoms with E-state index in [1.54, 1.807) is 11.0 Å². The van der Waals surface area contributed by atoms with Gasteiger partial charge >= 0.3 is 0 Å². The second-order valence-corrected chi connectivity index (χ2v) is 9.12. The Balaban J connectivity index is 1.61. The molecule has 5 heteroatoms. The van der Waals surface area contributed by atoms with Crippen molar-refractivity contribution in [2.45, 2.75) is 24.7 Å². The van der Waals surface area contributed by atoms with Gasteiger partial charge in [-0.1, -0.05) is 60.7 Å². The van der Waals surface area contributed by atoms with E-state index in [-0.39, 0.29) is 17.5 Å². The first-order valence-electron chi connectivity index (χ1n) is 11.6. The van der Waals surface area contributed by atoms with Gasteiger partial charge in [0.25, 0.3) is 5.91 Å². The third kappa shape index (κ3) is 2.17. The van der Waals surface area contributed by atoms with Crippen LogP contribution in [-0.2, 0) is 15.0 Å². The second-order valence-electron chi connectivity index (χ2n) is 9.12. The number of anilines is 2. The highest BCUT2D eigenvalue weighted by Crippen LogP contribution is 2.59. The molecule has 0 bridgehead atoms. The number of hydrogen-bond acceptors (Lipinski definition) is 4. The summed E-state index contributed by atoms with van der Waals surface area (Å²) in [5, 5.41) is 3.44. The molecular weight excluding hydrogens is 424 g/mol. The van der Waals surface area contributed by atoms with Crippen LogP contribution in [0, 0.1) is 0 Å². The maximum atomic E-state index is 14.7. The van der Waals surface area contributed by atoms with E-state index in [2.05, 4.69) is 5.32 Å². The molecule has 1 amide bonds. The largest absolute Gasteiger partial charge is 0.354 e. The molecule has 1 spiro atoms. The van der Waals surface area contributed by atoms with Gasteiger partial charge in [0.2, 0.25) is 0 Å². The quantitative estimate of drug-likeness (QED) is 0.573. The van der Waals surface area contributed by atoms with Crippen molar-refractivity contribution in [2.24, 2.45) is 0 Å². The first kappa shape index (κ1) is 19.2. The number of para-hydroxylation sites is 2. The average molecular weight is 444 g/mol. The zero-order chi connectivity index (χ0) is 23.0. The lowest BCUT2D eigenvalue weighted by molar-refractivity contribution is -0.122. The highest BCUT2D eigenvalue weighted by molar-refractivity contribution is 6.33. The van der Waals surface area contributed by atoms with Crippen molar-refractivity contribution in [3.63, 3.8) is 0 Å². The van der Waals surface area contributed by atoms with E-state index in [4.69, 9.17) is 0 Å². The number of allylic oxidation sites excluding steroid dienone is 1. The number of hydrogen-bond donors (Lipinski definition) is 1. The van der Waals surface area contributed by atoms with Crippen LogP contribution >= 0.6 is 0 Å². The Bertz CT molecular complexity index is 1520. The number of amides is 1. The molecule has 3 aromatic rings. The fourth-order valence-corrected chi connectivity index (χ4v) is 6.16. The van der Waals surface area contributed by atoms with E-state index in [9.17, 15) is 14.4 Å². The van der Waals surface area contributed by atoms with Crippen molar-refractivity contribution in [1.29, 1.82) is 0 Å². The van der Waals surface area contributed by atoms with Crippen LogP contribution < -0.4 is 10.2 Å². The van der Waals surface area contributed by atoms with Gasteiger partial charge in [-0.05, 0) is 31.0 Å². The lowest BCUT2D eigenvalue weighted by Gasteiger charge is -2.38. The smallest absolute Gasteiger partial charge is 0.251 e. The van der Waals surface area contributed by atoms with E-state index in [1.165, 1.54) is 0 Å². The highest BCUT2D eigenvalue weighted by atomic mass is 16.2. The first-order valence-corrected chi connectivity index (χ1v) is 11.6. The zero-order valence-corrected chi connectivity index (χ0v) is 18.3. The Morgan fingerprint density at radius 1 is 0.735 bits per heavy atom. The zero-order valence-electron chi connectivity index (χ0n) is 18.3. The second kappa shape index (κ2) is 6.64. The standard InChI is InChI=1S/C29H20N2O3/c32-23-16-8-15-22-24(23)29(28(34)31(22)17-9-2-1-3-10-17)20-13-6-7-14-21(20)30-26-18-11-4-5-12-19(18)27(33)25(26)29/h1-7,9-14,30H,8,15-16H2. The molecule has 0 radical (unpaired) electrons. The van der Waals surface area contributed by atoms with Gasteiger partial charge in [-0.3, -0.25) is 19.3 Å². The molecule has 1 atom stereocenters. The van der Waals surface area contributed by atoms with Crippen molar-refractivity contribution in [2.75, 3.05) is 10.2 Å². The summed E-state index contributed by atoms with van der Waals surface area (Å²) in [6.45, 7) is 0. The van der Waals surface area contributed by atoms with Crippen LogP contribution in [0.1, 0.15) is 40.7 Å². The summed E-state index contributed by atoms with van der Waals surface area (Å²) in [5.41, 5.74) is 4.20. The number of nitrogens with one attached hydrogen (secondary N) is 1. The predicted molar refractivity (Wildman–Crippen MR) is 129 cm³/mol. The van der Waals surface area contributed by atoms with E-state index in [1.807, 2.05) is 72.8 Å². The van der Waals surface area contributed by atoms with Gasteiger partial charge < -0.3 is 5.32 Å². The topological polar surface area (TPSA) is 66.5 Å². The van der Waals surface area contributed by atoms with Crippen LogP contribution in [0.25, 0.3) is 5.70 Å². The maximum absolute atomic E-state index is 14.7. The number of ketones is 2. The molecule has 4 aliphatic rings. The molecule has 0 fully saturated rings. The van der Waals surface area contributed by atoms with Crippen LogP contribution in [-0.4, -0.2) is 17.5 Å². The van der Waals surface area contributed by atoms with Gasteiger partial charge in [-0.2, -0.15) is 0 Å². The lowest BCUT2D eigenvalue weighted by atomic mass is 9.63. The molecule has 0 saturated heterocycles. The molecule has 1 N–H and O–H groups in total. The Morgan fingerprint density at radius 2 is 1.44 bits per heavy atom. The molecule has 5 nitrogen and oxygen atoms in total. The van der Waals surface area contributed by atoms with E-state index in [0.717, 1.165) is 16.9 Å². The Hall–Kier alpha value is -4.25. The van der Waals surface area contributed by atoms with Crippen LogP contribution in [0.2, 0.25) is 0 Å². The fourth-order valence-electron chi connectivity index (χ4n) is 6.16. The third-order valence-corrected chi connectivity index (χ3v) is 7.45. The average Bonchev–Trinajstić information content (AvgIpc) is 3.30. The summed E-state index contributed by atoms with van der Waals surface area (Å²) in [5.74, 6) is -0.497. The third-order valence-electron chi connectivity index (χ3n) is 7.45. The molecular formula is C29H20N2O3. The summed E-state index contributed by atoms with van der Waals surface area (Å²) in [6, 6.07) is 24.4. The monoisotopic (exact) mass is 444 g/mol. The fraction of sp³-hybridized carbons (Fsp3) is 0.138. The van der Waals surface area contributed by atoms with Gasteiger partial charge in [-0.15, -0.1) is 0 Å². The van der Waals surface area contributed by atoms with Crippen LogP contribution in [0.15, 0.2) is 95.7 Å². The summed E-state index contributed by atoms with van der Waals surface area (Å²) < 4.78 is 0. The lowest BCUT2D eigenvalue weighted by Crippen LogP contribution is -2.47. The van der Waals surface area contributed by atoms with Crippen molar-refractivity contribution in [3.05, 3.63) is 112 Å². The number of fused-ring (bicyclic) bond motifs is 6. The molecule has 0 saturated carbocycles. The SMILES string of the molecule is O=C1CCCC2=C1C1(C(=O)N2c2ccccc2)C2=C(Nc3ccccc31)c1ccccc1C2=O. The normalized spacial score (nSPS) is 22.6. The molecule has 1 unspecified atom stereocenters. The van der Waals surface area contributed by atoms with Crippen molar-refractivity contribution < 1.29 is 14.4 Å².